The molecule has 4 aromatic rings. The minimum Gasteiger partial charge on any atom is -0.448 e. The number of aromatic nitrogens is 2. The highest BCUT2D eigenvalue weighted by Gasteiger charge is 2.20. The van der Waals surface area contributed by atoms with Crippen molar-refractivity contribution < 1.29 is 27.3 Å². The summed E-state index contributed by atoms with van der Waals surface area (Å²) in [5.41, 5.74) is 2.14. The number of carbonyl (C=O) groups excluding carboxylic acids is 1. The highest BCUT2D eigenvalue weighted by Crippen LogP contribution is 2.32. The first-order valence-electron chi connectivity index (χ1n) is 13.4. The number of aliphatic hydroxyl groups excluding tert-OH is 1. The Bertz CT molecular complexity index is 1920. The number of hydrogen-bond acceptors (Lipinski definition) is 10. The molecule has 238 valence electrons. The molecule has 0 spiro atoms. The number of amides is 1. The zero-order valence-electron chi connectivity index (χ0n) is 24.3. The smallest absolute Gasteiger partial charge is 0.442 e. The monoisotopic (exact) mass is 692 g/mol. The molecule has 1 aromatic heterocycles. The van der Waals surface area contributed by atoms with Gasteiger partial charge in [-0.1, -0.05) is 41.4 Å². The van der Waals surface area contributed by atoms with Crippen LogP contribution in [-0.4, -0.2) is 59.3 Å². The Hall–Kier alpha value is -3.95. The number of carbonyl (C=O) groups is 1. The molecule has 12 nitrogen and oxygen atoms in total. The molecule has 2 atom stereocenters. The Morgan fingerprint density at radius 2 is 1.69 bits per heavy atom. The maximum atomic E-state index is 12.9. The zero-order valence-corrected chi connectivity index (χ0v) is 27.5. The first-order valence-corrected chi connectivity index (χ1v) is 17.6. The second-order valence-electron chi connectivity index (χ2n) is 9.66. The number of rotatable bonds is 11. The van der Waals surface area contributed by atoms with Gasteiger partial charge in [0, 0.05) is 40.3 Å². The second kappa shape index (κ2) is 14.4. The van der Waals surface area contributed by atoms with Crippen LogP contribution in [0.2, 0.25) is 10.0 Å². The topological polar surface area (TPSA) is 172 Å². The molecule has 0 bridgehead atoms. The van der Waals surface area contributed by atoms with Crippen molar-refractivity contribution in [3.8, 4) is 11.1 Å². The van der Waals surface area contributed by atoms with Gasteiger partial charge in [0.25, 0.3) is 10.0 Å². The van der Waals surface area contributed by atoms with Crippen molar-refractivity contribution in [2.75, 3.05) is 34.8 Å². The number of benzene rings is 3. The Labute approximate surface area is 271 Å². The van der Waals surface area contributed by atoms with Crippen molar-refractivity contribution in [3.63, 3.8) is 0 Å². The Balaban J connectivity index is 1.57. The molecular formula is C29H30Cl2N6O6S2. The molecule has 0 aliphatic heterocycles. The molecular weight excluding hydrogens is 663 g/mol. The summed E-state index contributed by atoms with van der Waals surface area (Å²) in [6.07, 6.45) is 2.04. The molecule has 0 fully saturated rings. The average molecular weight is 694 g/mol. The summed E-state index contributed by atoms with van der Waals surface area (Å²) < 4.78 is 49.6. The summed E-state index contributed by atoms with van der Waals surface area (Å²) in [6.45, 7) is 3.38. The van der Waals surface area contributed by atoms with E-state index >= 15 is 0 Å². The van der Waals surface area contributed by atoms with Crippen LogP contribution in [0.4, 0.5) is 27.9 Å². The fourth-order valence-corrected chi connectivity index (χ4v) is 6.83. The summed E-state index contributed by atoms with van der Waals surface area (Å²) in [5.74, 6) is 0.643. The van der Waals surface area contributed by atoms with E-state index in [0.717, 1.165) is 0 Å². The Morgan fingerprint density at radius 3 is 2.33 bits per heavy atom. The van der Waals surface area contributed by atoms with Gasteiger partial charge >= 0.3 is 6.09 Å². The lowest BCUT2D eigenvalue weighted by molar-refractivity contribution is 0.164. The third-order valence-electron chi connectivity index (χ3n) is 6.16. The number of nitrogens with zero attached hydrogens (tertiary/aromatic N) is 3. The molecule has 4 N–H and O–H groups in total. The molecule has 2 unspecified atom stereocenters. The second-order valence-corrected chi connectivity index (χ2v) is 14.4. The fraction of sp³-hybridized carbons (Fsp3) is 0.207. The molecule has 45 heavy (non-hydrogen) atoms. The lowest BCUT2D eigenvalue weighted by Crippen LogP contribution is -2.21. The normalized spacial score (nSPS) is 13.3. The first-order chi connectivity index (χ1) is 21.3. The number of sulfonamides is 1. The molecule has 1 heterocycles. The highest BCUT2D eigenvalue weighted by molar-refractivity contribution is 7.93. The van der Waals surface area contributed by atoms with E-state index in [2.05, 4.69) is 29.7 Å². The highest BCUT2D eigenvalue weighted by atomic mass is 35.5. The minimum absolute atomic E-state index is 0.0756. The van der Waals surface area contributed by atoms with Crippen LogP contribution in [0, 0.1) is 0 Å². The van der Waals surface area contributed by atoms with Crippen LogP contribution in [0.25, 0.3) is 11.1 Å². The van der Waals surface area contributed by atoms with E-state index in [-0.39, 0.29) is 40.1 Å². The molecule has 1 amide bonds. The predicted octanol–water partition coefficient (Wildman–Crippen LogP) is 6.40. The van der Waals surface area contributed by atoms with Crippen LogP contribution in [0.3, 0.4) is 0 Å². The predicted molar refractivity (Wildman–Crippen MR) is 176 cm³/mol. The molecule has 0 aliphatic carbocycles. The number of hydrogen-bond donors (Lipinski definition) is 4. The van der Waals surface area contributed by atoms with Crippen molar-refractivity contribution in [2.24, 2.45) is 4.36 Å². The van der Waals surface area contributed by atoms with E-state index in [0.29, 0.717) is 33.2 Å². The van der Waals surface area contributed by atoms with Gasteiger partial charge in [0.15, 0.2) is 0 Å². The Morgan fingerprint density at radius 1 is 1.02 bits per heavy atom. The van der Waals surface area contributed by atoms with Gasteiger partial charge in [-0.2, -0.15) is 4.98 Å². The van der Waals surface area contributed by atoms with Crippen LogP contribution in [-0.2, 0) is 24.5 Å². The largest absolute Gasteiger partial charge is 0.448 e. The molecule has 0 radical (unpaired) electrons. The number of aliphatic hydroxyl groups is 1. The quantitative estimate of drug-likeness (QED) is 0.138. The van der Waals surface area contributed by atoms with Crippen LogP contribution < -0.4 is 15.4 Å². The van der Waals surface area contributed by atoms with Gasteiger partial charge in [-0.15, -0.1) is 4.36 Å². The molecule has 0 saturated carbocycles. The van der Waals surface area contributed by atoms with Gasteiger partial charge < -0.3 is 20.5 Å². The van der Waals surface area contributed by atoms with Crippen molar-refractivity contribution in [1.82, 2.24) is 9.97 Å². The third-order valence-corrected chi connectivity index (χ3v) is 10.2. The van der Waals surface area contributed by atoms with Gasteiger partial charge in [0.05, 0.1) is 33.0 Å². The average Bonchev–Trinajstić information content (AvgIpc) is 2.99. The molecule has 4 rings (SSSR count). The van der Waals surface area contributed by atoms with Gasteiger partial charge in [-0.3, -0.25) is 4.72 Å². The van der Waals surface area contributed by atoms with E-state index in [1.54, 1.807) is 68.6 Å². The lowest BCUT2D eigenvalue weighted by Gasteiger charge is -2.17. The van der Waals surface area contributed by atoms with Crippen molar-refractivity contribution >= 4 is 72.2 Å². The van der Waals surface area contributed by atoms with Crippen LogP contribution >= 0.6 is 23.2 Å². The third kappa shape index (κ3) is 8.61. The zero-order chi connectivity index (χ0) is 32.8. The maximum Gasteiger partial charge on any atom is 0.442 e. The molecule has 3 aromatic carbocycles. The standard InChI is InChI=1S/C29H30Cl2N6O6S2/c1-4-43-29(39)37-44(3,40)22-14-12-20(13-15-22)34-28-32-16-23(27(35-28)33-18(2)17-38)19-8-10-21(11-9-19)36-45(41,42)25-7-5-6-24(30)26(25)31/h5-16,18,36,38H,4,17H2,1-3H3,(H2,32,33,34,35). The van der Waals surface area contributed by atoms with Crippen LogP contribution in [0.15, 0.2) is 87.1 Å². The van der Waals surface area contributed by atoms with Crippen LogP contribution in [0.5, 0.6) is 0 Å². The number of halogens is 2. The minimum atomic E-state index is -4.01. The van der Waals surface area contributed by atoms with Gasteiger partial charge in [0.1, 0.15) is 10.7 Å². The number of ether oxygens (including phenoxy) is 1. The van der Waals surface area contributed by atoms with Crippen molar-refractivity contribution in [2.45, 2.75) is 29.7 Å². The van der Waals surface area contributed by atoms with Gasteiger partial charge in [-0.05, 0) is 67.9 Å². The SMILES string of the molecule is CCOC(=O)N=S(C)(=O)c1ccc(Nc2ncc(-c3ccc(NS(=O)(=O)c4cccc(Cl)c4Cl)cc3)c(NC(C)CO)n2)cc1. The molecule has 16 heteroatoms. The Kier molecular flexibility index (Phi) is 10.9. The number of nitrogens with one attached hydrogen (secondary N) is 3. The van der Waals surface area contributed by atoms with E-state index in [1.807, 2.05) is 0 Å². The van der Waals surface area contributed by atoms with E-state index in [1.165, 1.54) is 24.5 Å². The fourth-order valence-electron chi connectivity index (χ4n) is 3.93. The molecule has 0 aliphatic rings. The molecule has 0 saturated heterocycles. The van der Waals surface area contributed by atoms with Crippen molar-refractivity contribution in [1.29, 1.82) is 0 Å². The van der Waals surface area contributed by atoms with E-state index in [9.17, 15) is 22.5 Å². The van der Waals surface area contributed by atoms with E-state index in [4.69, 9.17) is 27.9 Å². The van der Waals surface area contributed by atoms with Crippen molar-refractivity contribution in [3.05, 3.63) is 83.0 Å². The van der Waals surface area contributed by atoms with Gasteiger partial charge in [0.2, 0.25) is 5.95 Å². The summed E-state index contributed by atoms with van der Waals surface area (Å²) in [4.78, 5) is 20.9. The summed E-state index contributed by atoms with van der Waals surface area (Å²) in [5, 5.41) is 15.9. The summed E-state index contributed by atoms with van der Waals surface area (Å²) in [6, 6.07) is 17.0. The van der Waals surface area contributed by atoms with Gasteiger partial charge in [-0.25, -0.2) is 22.4 Å². The summed E-state index contributed by atoms with van der Waals surface area (Å²) in [7, 11) is -7.01. The van der Waals surface area contributed by atoms with E-state index < -0.39 is 25.8 Å². The first kappa shape index (κ1) is 33.9. The number of anilines is 4. The van der Waals surface area contributed by atoms with Crippen LogP contribution in [0.1, 0.15) is 13.8 Å². The maximum absolute atomic E-state index is 12.9. The summed E-state index contributed by atoms with van der Waals surface area (Å²) >= 11 is 12.1. The lowest BCUT2D eigenvalue weighted by atomic mass is 10.1.